The molecule has 8 nitrogen and oxygen atoms in total. The number of hydrogen-bond acceptors (Lipinski definition) is 6. The van der Waals surface area contributed by atoms with Crippen molar-refractivity contribution in [3.05, 3.63) is 91.1 Å². The Morgan fingerprint density at radius 2 is 1.97 bits per heavy atom. The number of carbonyl (C=O) groups excluding carboxylic acids is 1. The predicted molar refractivity (Wildman–Crippen MR) is 147 cm³/mol. The van der Waals surface area contributed by atoms with Crippen LogP contribution in [0.2, 0.25) is 0 Å². The molecule has 0 saturated heterocycles. The van der Waals surface area contributed by atoms with Crippen LogP contribution in [-0.4, -0.2) is 35.5 Å². The zero-order chi connectivity index (χ0) is 26.5. The van der Waals surface area contributed by atoms with Crippen LogP contribution in [-0.2, 0) is 11.2 Å². The topological polar surface area (TPSA) is 94.8 Å². The highest BCUT2D eigenvalue weighted by molar-refractivity contribution is 9.10. The molecule has 0 bridgehead atoms. The van der Waals surface area contributed by atoms with Crippen molar-refractivity contribution in [3.8, 4) is 11.5 Å². The van der Waals surface area contributed by atoms with Gasteiger partial charge in [0.1, 0.15) is 11.6 Å². The second-order valence-electron chi connectivity index (χ2n) is 7.78. The minimum atomic E-state index is -0.493. The molecule has 4 aromatic rings. The molecule has 0 aliphatic carbocycles. The minimum Gasteiger partial charge on any atom is -0.493 e. The average molecular weight is 632 g/mol. The van der Waals surface area contributed by atoms with Crippen molar-refractivity contribution >= 4 is 60.6 Å². The highest BCUT2D eigenvalue weighted by atomic mass is 79.9. The molecule has 11 heteroatoms. The van der Waals surface area contributed by atoms with Gasteiger partial charge < -0.3 is 14.8 Å². The molecule has 37 heavy (non-hydrogen) atoms. The molecule has 0 aliphatic heterocycles. The van der Waals surface area contributed by atoms with Crippen molar-refractivity contribution in [3.63, 3.8) is 0 Å². The largest absolute Gasteiger partial charge is 0.493 e. The van der Waals surface area contributed by atoms with Gasteiger partial charge in [0.2, 0.25) is 0 Å². The summed E-state index contributed by atoms with van der Waals surface area (Å²) in [5.74, 6) is 0.107. The maximum absolute atomic E-state index is 13.4. The Labute approximate surface area is 228 Å². The van der Waals surface area contributed by atoms with Crippen LogP contribution < -0.4 is 20.3 Å². The van der Waals surface area contributed by atoms with Crippen molar-refractivity contribution in [1.29, 1.82) is 0 Å². The molecule has 0 saturated carbocycles. The van der Waals surface area contributed by atoms with Gasteiger partial charge in [0, 0.05) is 26.6 Å². The SMILES string of the molecule is CCc1nc2ccc(Br)cc2c(=O)n1N=Cc1cc(Br)cc(OC)c1OCC(=O)Nc1cccc(F)c1. The third-order valence-electron chi connectivity index (χ3n) is 5.23. The first kappa shape index (κ1) is 26.5. The summed E-state index contributed by atoms with van der Waals surface area (Å²) in [5.41, 5.74) is 1.01. The van der Waals surface area contributed by atoms with Crippen molar-refractivity contribution in [1.82, 2.24) is 9.66 Å². The number of aromatic nitrogens is 2. The number of halogens is 3. The Kier molecular flexibility index (Phi) is 8.34. The molecule has 0 spiro atoms. The molecule has 1 amide bonds. The molecule has 0 atom stereocenters. The normalized spacial score (nSPS) is 11.2. The van der Waals surface area contributed by atoms with Gasteiger partial charge in [-0.3, -0.25) is 9.59 Å². The van der Waals surface area contributed by atoms with E-state index in [1.807, 2.05) is 13.0 Å². The van der Waals surface area contributed by atoms with Crippen LogP contribution in [0.5, 0.6) is 11.5 Å². The molecule has 3 aromatic carbocycles. The van der Waals surface area contributed by atoms with Gasteiger partial charge in [0.25, 0.3) is 11.5 Å². The van der Waals surface area contributed by atoms with Gasteiger partial charge in [-0.1, -0.05) is 44.8 Å². The summed E-state index contributed by atoms with van der Waals surface area (Å²) in [6, 6.07) is 14.2. The third-order valence-corrected chi connectivity index (χ3v) is 6.18. The number of carbonyl (C=O) groups is 1. The van der Waals surface area contributed by atoms with Gasteiger partial charge in [0.05, 0.1) is 24.2 Å². The Hall–Kier alpha value is -3.57. The van der Waals surface area contributed by atoms with Crippen LogP contribution in [0.15, 0.2) is 73.4 Å². The van der Waals surface area contributed by atoms with Gasteiger partial charge in [0.15, 0.2) is 18.1 Å². The standard InChI is InChI=1S/C26H21Br2FN4O4/c1-3-23-32-21-8-7-16(27)10-20(21)26(35)33(23)30-13-15-9-17(28)11-22(36-2)25(15)37-14-24(34)31-19-6-4-5-18(29)12-19/h4-13H,3,14H2,1-2H3,(H,31,34). The van der Waals surface area contributed by atoms with Gasteiger partial charge in [-0.05, 0) is 48.5 Å². The Balaban J connectivity index is 1.67. The molecule has 0 radical (unpaired) electrons. The van der Waals surface area contributed by atoms with Gasteiger partial charge in [-0.25, -0.2) is 9.37 Å². The lowest BCUT2D eigenvalue weighted by Crippen LogP contribution is -2.22. The lowest BCUT2D eigenvalue weighted by atomic mass is 10.2. The van der Waals surface area contributed by atoms with E-state index < -0.39 is 11.7 Å². The molecule has 0 fully saturated rings. The van der Waals surface area contributed by atoms with Crippen LogP contribution in [0.3, 0.4) is 0 Å². The molecule has 4 rings (SSSR count). The van der Waals surface area contributed by atoms with Crippen LogP contribution in [0, 0.1) is 5.82 Å². The summed E-state index contributed by atoms with van der Waals surface area (Å²) >= 11 is 6.82. The number of hydrogen-bond donors (Lipinski definition) is 1. The monoisotopic (exact) mass is 630 g/mol. The average Bonchev–Trinajstić information content (AvgIpc) is 2.87. The number of fused-ring (bicyclic) bond motifs is 1. The number of rotatable bonds is 8. The number of aryl methyl sites for hydroxylation is 1. The smallest absolute Gasteiger partial charge is 0.282 e. The van der Waals surface area contributed by atoms with E-state index >= 15 is 0 Å². The van der Waals surface area contributed by atoms with Gasteiger partial charge in [-0.15, -0.1) is 0 Å². The summed E-state index contributed by atoms with van der Waals surface area (Å²) in [4.78, 5) is 30.2. The Morgan fingerprint density at radius 1 is 1.16 bits per heavy atom. The Morgan fingerprint density at radius 3 is 2.70 bits per heavy atom. The molecule has 190 valence electrons. The second kappa shape index (κ2) is 11.7. The molecule has 1 aromatic heterocycles. The lowest BCUT2D eigenvalue weighted by Gasteiger charge is -2.14. The zero-order valence-corrected chi connectivity index (χ0v) is 23.0. The molecule has 0 aliphatic rings. The van der Waals surface area contributed by atoms with E-state index in [0.717, 1.165) is 4.47 Å². The predicted octanol–water partition coefficient (Wildman–Crippen LogP) is 5.53. The summed E-state index contributed by atoms with van der Waals surface area (Å²) in [6.45, 7) is 1.51. The number of anilines is 1. The molecular weight excluding hydrogens is 611 g/mol. The minimum absolute atomic E-state index is 0.242. The first-order valence-electron chi connectivity index (χ1n) is 11.1. The van der Waals surface area contributed by atoms with Gasteiger partial charge in [-0.2, -0.15) is 9.78 Å². The van der Waals surface area contributed by atoms with E-state index in [1.54, 1.807) is 30.3 Å². The van der Waals surface area contributed by atoms with Crippen LogP contribution in [0.4, 0.5) is 10.1 Å². The van der Waals surface area contributed by atoms with E-state index in [0.29, 0.717) is 44.6 Å². The summed E-state index contributed by atoms with van der Waals surface area (Å²) in [7, 11) is 1.47. The fourth-order valence-electron chi connectivity index (χ4n) is 3.55. The van der Waals surface area contributed by atoms with Gasteiger partial charge >= 0.3 is 0 Å². The van der Waals surface area contributed by atoms with E-state index in [2.05, 4.69) is 47.3 Å². The third kappa shape index (κ3) is 6.23. The highest BCUT2D eigenvalue weighted by Crippen LogP contribution is 2.34. The van der Waals surface area contributed by atoms with E-state index in [4.69, 9.17) is 9.47 Å². The number of amides is 1. The lowest BCUT2D eigenvalue weighted by molar-refractivity contribution is -0.118. The first-order valence-corrected chi connectivity index (χ1v) is 12.7. The highest BCUT2D eigenvalue weighted by Gasteiger charge is 2.15. The molecule has 1 heterocycles. The second-order valence-corrected chi connectivity index (χ2v) is 9.61. The number of ether oxygens (including phenoxy) is 2. The van der Waals surface area contributed by atoms with E-state index in [-0.39, 0.29) is 17.9 Å². The molecule has 1 N–H and O–H groups in total. The van der Waals surface area contributed by atoms with Crippen LogP contribution in [0.25, 0.3) is 10.9 Å². The molecular formula is C26H21Br2FN4O4. The van der Waals surface area contributed by atoms with Crippen molar-refractivity contribution < 1.29 is 18.7 Å². The first-order chi connectivity index (χ1) is 17.8. The number of benzene rings is 3. The number of nitrogens with zero attached hydrogens (tertiary/aromatic N) is 3. The van der Waals surface area contributed by atoms with Crippen molar-refractivity contribution in [2.24, 2.45) is 5.10 Å². The molecule has 0 unspecified atom stereocenters. The maximum Gasteiger partial charge on any atom is 0.282 e. The Bertz CT molecular complexity index is 1570. The number of nitrogens with one attached hydrogen (secondary N) is 1. The summed E-state index contributed by atoms with van der Waals surface area (Å²) in [6.07, 6.45) is 1.92. The number of methoxy groups -OCH3 is 1. The summed E-state index contributed by atoms with van der Waals surface area (Å²) < 4.78 is 27.3. The van der Waals surface area contributed by atoms with Crippen LogP contribution >= 0.6 is 31.9 Å². The summed E-state index contributed by atoms with van der Waals surface area (Å²) in [5, 5.41) is 7.41. The zero-order valence-electron chi connectivity index (χ0n) is 19.8. The van der Waals surface area contributed by atoms with E-state index in [9.17, 15) is 14.0 Å². The quantitative estimate of drug-likeness (QED) is 0.258. The van der Waals surface area contributed by atoms with E-state index in [1.165, 1.54) is 36.2 Å². The fourth-order valence-corrected chi connectivity index (χ4v) is 4.37. The van der Waals surface area contributed by atoms with Crippen LogP contribution in [0.1, 0.15) is 18.3 Å². The fraction of sp³-hybridized carbons (Fsp3) is 0.154. The maximum atomic E-state index is 13.4. The van der Waals surface area contributed by atoms with Crippen molar-refractivity contribution in [2.75, 3.05) is 19.0 Å². The van der Waals surface area contributed by atoms with Crippen molar-refractivity contribution in [2.45, 2.75) is 13.3 Å².